The zero-order valence-electron chi connectivity index (χ0n) is 20.2. The maximum absolute atomic E-state index is 13.3. The first-order valence-electron chi connectivity index (χ1n) is 11.2. The second kappa shape index (κ2) is 11.0. The van der Waals surface area contributed by atoms with Gasteiger partial charge in [0.2, 0.25) is 0 Å². The molecule has 0 atom stereocenters. The van der Waals surface area contributed by atoms with Crippen molar-refractivity contribution in [3.63, 3.8) is 0 Å². The van der Waals surface area contributed by atoms with Gasteiger partial charge >= 0.3 is 36.7 Å². The molecule has 1 aliphatic rings. The number of carbonyl (C=O) groups is 2. The Morgan fingerprint density at radius 2 is 1.39 bits per heavy atom. The molecule has 0 saturated carbocycles. The van der Waals surface area contributed by atoms with Gasteiger partial charge in [0.05, 0.1) is 11.4 Å². The average molecular weight is 535 g/mol. The summed E-state index contributed by atoms with van der Waals surface area (Å²) in [5, 5.41) is 19.0. The summed E-state index contributed by atoms with van der Waals surface area (Å²) >= 11 is 0. The molecule has 1 aliphatic heterocycles. The van der Waals surface area contributed by atoms with Crippen LogP contribution in [-0.4, -0.2) is 46.9 Å². The van der Waals surface area contributed by atoms with Gasteiger partial charge in [-0.05, 0) is 45.7 Å². The number of rotatable bonds is 6. The summed E-state index contributed by atoms with van der Waals surface area (Å²) in [6, 6.07) is 20.9. The molecule has 8 nitrogen and oxygen atoms in total. The molecule has 0 spiro atoms. The number of hydrogen-bond donors (Lipinski definition) is 2. The normalized spacial score (nSPS) is 13.2. The van der Waals surface area contributed by atoms with Crippen LogP contribution in [0.3, 0.4) is 0 Å². The molecule has 0 fully saturated rings. The molecule has 11 heteroatoms. The Morgan fingerprint density at radius 1 is 0.816 bits per heavy atom. The molecule has 0 saturated heterocycles. The van der Waals surface area contributed by atoms with Crippen LogP contribution in [0.5, 0.6) is 0 Å². The smallest absolute Gasteiger partial charge is 0.744 e. The van der Waals surface area contributed by atoms with E-state index in [0.29, 0.717) is 21.8 Å². The van der Waals surface area contributed by atoms with Gasteiger partial charge in [0, 0.05) is 16.5 Å². The fourth-order valence-corrected chi connectivity index (χ4v) is 4.84. The van der Waals surface area contributed by atoms with Gasteiger partial charge in [0.1, 0.15) is 10.1 Å². The van der Waals surface area contributed by atoms with Crippen molar-refractivity contribution in [3.8, 4) is 0 Å². The van der Waals surface area contributed by atoms with Crippen molar-refractivity contribution in [2.45, 2.75) is 11.4 Å². The Morgan fingerprint density at radius 3 is 1.97 bits per heavy atom. The largest absolute Gasteiger partial charge is 1.00 e. The summed E-state index contributed by atoms with van der Waals surface area (Å²) in [4.78, 5) is 27.0. The topological polar surface area (TPSA) is 135 Å². The first kappa shape index (κ1) is 27.9. The van der Waals surface area contributed by atoms with Crippen molar-refractivity contribution in [1.82, 2.24) is 4.90 Å². The second-order valence-corrected chi connectivity index (χ2v) is 10.0. The monoisotopic (exact) mass is 535 g/mol. The van der Waals surface area contributed by atoms with Gasteiger partial charge in [-0.1, -0.05) is 72.8 Å². The Bertz CT molecular complexity index is 1690. The first-order valence-corrected chi connectivity index (χ1v) is 12.6. The van der Waals surface area contributed by atoms with Gasteiger partial charge in [-0.3, -0.25) is 14.5 Å². The van der Waals surface area contributed by atoms with Crippen molar-refractivity contribution >= 4 is 57.4 Å². The van der Waals surface area contributed by atoms with Crippen LogP contribution in [0.1, 0.15) is 37.4 Å². The summed E-state index contributed by atoms with van der Waals surface area (Å²) in [5.74, 6) is -1.17. The predicted octanol–water partition coefficient (Wildman–Crippen LogP) is -0.606. The second-order valence-electron chi connectivity index (χ2n) is 8.64. The van der Waals surface area contributed by atoms with Crippen molar-refractivity contribution in [2.75, 3.05) is 0 Å². The van der Waals surface area contributed by atoms with Gasteiger partial charge in [0.25, 0.3) is 11.8 Å². The molecule has 5 rings (SSSR count). The van der Waals surface area contributed by atoms with Crippen molar-refractivity contribution in [2.24, 2.45) is 0 Å². The Kier molecular flexibility index (Phi) is 8.05. The molecule has 4 aromatic rings. The SMILES string of the molecule is O=C1c2cccc3cc(S(=O)(=O)[O-])cc(c23)C(=O)N1Cc1ccc(/C=C/c2ccc(B(O)O)cc2)cc1.[Na+]. The fraction of sp³-hybridized carbons (Fsp3) is 0.0370. The molecule has 2 N–H and O–H groups in total. The van der Waals surface area contributed by atoms with Crippen LogP contribution in [0.15, 0.2) is 83.8 Å². The van der Waals surface area contributed by atoms with Crippen molar-refractivity contribution < 1.29 is 62.2 Å². The molecule has 1 heterocycles. The summed E-state index contributed by atoms with van der Waals surface area (Å²) in [6.07, 6.45) is 3.73. The van der Waals surface area contributed by atoms with Crippen LogP contribution in [0.4, 0.5) is 0 Å². The van der Waals surface area contributed by atoms with Crippen LogP contribution in [0.2, 0.25) is 0 Å². The van der Waals surface area contributed by atoms with Crippen molar-refractivity contribution in [1.29, 1.82) is 0 Å². The Labute approximate surface area is 241 Å². The maximum atomic E-state index is 13.3. The van der Waals surface area contributed by atoms with E-state index in [9.17, 15) is 32.6 Å². The van der Waals surface area contributed by atoms with Crippen molar-refractivity contribution in [3.05, 3.63) is 107 Å². The van der Waals surface area contributed by atoms with E-state index in [0.717, 1.165) is 22.1 Å². The number of carbonyl (C=O) groups excluding carboxylic acids is 2. The molecule has 0 aromatic heterocycles. The van der Waals surface area contributed by atoms with E-state index in [2.05, 4.69) is 0 Å². The molecule has 0 aliphatic carbocycles. The van der Waals surface area contributed by atoms with Crippen LogP contribution in [0.25, 0.3) is 22.9 Å². The van der Waals surface area contributed by atoms with E-state index in [1.807, 2.05) is 24.3 Å². The third-order valence-electron chi connectivity index (χ3n) is 6.21. The molecule has 0 bridgehead atoms. The van der Waals surface area contributed by atoms with Gasteiger partial charge in [-0.25, -0.2) is 8.42 Å². The predicted molar refractivity (Wildman–Crippen MR) is 138 cm³/mol. The van der Waals surface area contributed by atoms with E-state index in [-0.39, 0.29) is 47.2 Å². The third kappa shape index (κ3) is 5.52. The molecule has 2 amide bonds. The summed E-state index contributed by atoms with van der Waals surface area (Å²) < 4.78 is 34.9. The zero-order valence-corrected chi connectivity index (χ0v) is 23.1. The number of amides is 2. The molecule has 0 radical (unpaired) electrons. The van der Waals surface area contributed by atoms with Gasteiger partial charge in [-0.2, -0.15) is 0 Å². The average Bonchev–Trinajstić information content (AvgIpc) is 2.88. The van der Waals surface area contributed by atoms with Crippen LogP contribution < -0.4 is 35.0 Å². The van der Waals surface area contributed by atoms with Crippen LogP contribution in [-0.2, 0) is 16.7 Å². The van der Waals surface area contributed by atoms with Crippen LogP contribution >= 0.6 is 0 Å². The number of imide groups is 1. The zero-order chi connectivity index (χ0) is 26.3. The van der Waals surface area contributed by atoms with Crippen LogP contribution in [0, 0.1) is 0 Å². The fourth-order valence-electron chi connectivity index (χ4n) is 4.31. The summed E-state index contributed by atoms with van der Waals surface area (Å²) in [6.45, 7) is -0.0310. The third-order valence-corrected chi connectivity index (χ3v) is 7.03. The Balaban J connectivity index is 0.00000336. The van der Waals surface area contributed by atoms with Gasteiger partial charge in [0.15, 0.2) is 0 Å². The molecular formula is C27H19BNNaO7S. The minimum absolute atomic E-state index is 0. The van der Waals surface area contributed by atoms with Gasteiger partial charge in [-0.15, -0.1) is 0 Å². The molecule has 38 heavy (non-hydrogen) atoms. The standard InChI is InChI=1S/C27H20BNO7S.Na/c30-26-23-3-1-2-20-14-22(37(34,35)36)15-24(25(20)23)27(31)29(26)16-19-8-6-17(7-9-19)4-5-18-10-12-21(13-11-18)28(32)33;/h1-15,32-33H,16H2,(H,34,35,36);/q;+1/p-1/b5-4+;. The maximum Gasteiger partial charge on any atom is 1.00 e. The molecule has 4 aromatic carbocycles. The van der Waals surface area contributed by atoms with E-state index in [4.69, 9.17) is 0 Å². The van der Waals surface area contributed by atoms with E-state index in [1.165, 1.54) is 6.07 Å². The van der Waals surface area contributed by atoms with Gasteiger partial charge < -0.3 is 14.6 Å². The minimum atomic E-state index is -4.80. The minimum Gasteiger partial charge on any atom is -0.744 e. The number of hydrogen-bond acceptors (Lipinski definition) is 7. The quantitative estimate of drug-likeness (QED) is 0.146. The number of nitrogens with zero attached hydrogens (tertiary/aromatic N) is 1. The molecule has 0 unspecified atom stereocenters. The summed E-state index contributed by atoms with van der Waals surface area (Å²) in [5.41, 5.74) is 3.08. The van der Waals surface area contributed by atoms with E-state index >= 15 is 0 Å². The first-order chi connectivity index (χ1) is 17.6. The number of benzene rings is 4. The molecular weight excluding hydrogens is 516 g/mol. The molecule has 184 valence electrons. The Hall–Kier alpha value is -3.09. The van der Waals surface area contributed by atoms with E-state index < -0.39 is 33.9 Å². The van der Waals surface area contributed by atoms with E-state index in [1.54, 1.807) is 54.6 Å². The summed E-state index contributed by atoms with van der Waals surface area (Å²) in [7, 11) is -6.32.